The third-order valence-corrected chi connectivity index (χ3v) is 4.57. The molecule has 0 aliphatic carbocycles. The Hall–Kier alpha value is -2.08. The first-order valence-electron chi connectivity index (χ1n) is 7.90. The summed E-state index contributed by atoms with van der Waals surface area (Å²) in [5.41, 5.74) is 4.29. The average molecular weight is 342 g/mol. The summed E-state index contributed by atoms with van der Waals surface area (Å²) in [5, 5.41) is 7.99. The van der Waals surface area contributed by atoms with Gasteiger partial charge in [0.2, 0.25) is 11.0 Å². The van der Waals surface area contributed by atoms with Crippen LogP contribution < -0.4 is 0 Å². The monoisotopic (exact) mass is 342 g/mol. The highest BCUT2D eigenvalue weighted by atomic mass is 32.2. The number of oxazole rings is 1. The van der Waals surface area contributed by atoms with Gasteiger partial charge in [-0.15, -0.1) is 5.10 Å². The van der Waals surface area contributed by atoms with Crippen LogP contribution in [0.4, 0.5) is 0 Å². The van der Waals surface area contributed by atoms with Crippen LogP contribution in [0.5, 0.6) is 0 Å². The summed E-state index contributed by atoms with van der Waals surface area (Å²) in [4.78, 5) is 9.11. The molecule has 0 spiro atoms. The lowest BCUT2D eigenvalue weighted by Crippen LogP contribution is -2.13. The highest BCUT2D eigenvalue weighted by Crippen LogP contribution is 2.27. The smallest absolute Gasteiger partial charge is 0.226 e. The maximum absolute atomic E-state index is 5.65. The van der Waals surface area contributed by atoms with Crippen LogP contribution in [0.15, 0.2) is 34.0 Å². The van der Waals surface area contributed by atoms with Gasteiger partial charge in [0.15, 0.2) is 0 Å². The second kappa shape index (κ2) is 6.43. The predicted molar refractivity (Wildman–Crippen MR) is 96.1 cm³/mol. The minimum atomic E-state index is -0.0319. The Morgan fingerprint density at radius 1 is 1.17 bits per heavy atom. The van der Waals surface area contributed by atoms with Crippen molar-refractivity contribution < 1.29 is 4.42 Å². The minimum absolute atomic E-state index is 0.0319. The van der Waals surface area contributed by atoms with E-state index >= 15 is 0 Å². The highest BCUT2D eigenvalue weighted by Gasteiger charge is 2.19. The molecule has 1 N–H and O–H groups in total. The molecule has 0 saturated carbocycles. The van der Waals surface area contributed by atoms with Crippen molar-refractivity contribution in [3.8, 4) is 11.5 Å². The lowest BCUT2D eigenvalue weighted by atomic mass is 9.96. The molecule has 5 nitrogen and oxygen atoms in total. The summed E-state index contributed by atoms with van der Waals surface area (Å²) in [6.07, 6.45) is 1.71. The molecule has 0 aliphatic heterocycles. The van der Waals surface area contributed by atoms with Crippen molar-refractivity contribution in [1.29, 1.82) is 0 Å². The quantitative estimate of drug-likeness (QED) is 0.698. The van der Waals surface area contributed by atoms with Crippen LogP contribution in [0.3, 0.4) is 0 Å². The summed E-state index contributed by atoms with van der Waals surface area (Å²) in [7, 11) is 0. The summed E-state index contributed by atoms with van der Waals surface area (Å²) < 4.78 is 5.65. The summed E-state index contributed by atoms with van der Waals surface area (Å²) >= 11 is 1.55. The number of nitrogens with one attached hydrogen (secondary N) is 1. The Bertz CT molecular complexity index is 845. The molecule has 3 aromatic rings. The normalized spacial score (nSPS) is 11.9. The first-order chi connectivity index (χ1) is 11.3. The number of thioether (sulfide) groups is 1. The molecule has 1 aromatic carbocycles. The lowest BCUT2D eigenvalue weighted by molar-refractivity contribution is 0.547. The molecule has 126 valence electrons. The van der Waals surface area contributed by atoms with Gasteiger partial charge < -0.3 is 4.42 Å². The van der Waals surface area contributed by atoms with Crippen molar-refractivity contribution in [2.75, 3.05) is 0 Å². The zero-order valence-corrected chi connectivity index (χ0v) is 15.5. The number of aryl methyl sites for hydroxylation is 2. The third-order valence-electron chi connectivity index (χ3n) is 3.69. The van der Waals surface area contributed by atoms with Gasteiger partial charge in [-0.2, -0.15) is 0 Å². The van der Waals surface area contributed by atoms with Gasteiger partial charge >= 0.3 is 0 Å². The van der Waals surface area contributed by atoms with E-state index in [1.54, 1.807) is 18.0 Å². The average Bonchev–Trinajstić information content (AvgIpc) is 3.13. The lowest BCUT2D eigenvalue weighted by Gasteiger charge is -2.12. The van der Waals surface area contributed by atoms with Crippen LogP contribution in [0.2, 0.25) is 0 Å². The molecule has 0 bridgehead atoms. The van der Waals surface area contributed by atoms with Crippen molar-refractivity contribution in [1.82, 2.24) is 20.2 Å². The van der Waals surface area contributed by atoms with Crippen molar-refractivity contribution in [3.05, 3.63) is 47.1 Å². The topological polar surface area (TPSA) is 67.6 Å². The zero-order chi connectivity index (χ0) is 17.3. The van der Waals surface area contributed by atoms with E-state index in [1.807, 2.05) is 0 Å². The number of aromatic nitrogens is 4. The van der Waals surface area contributed by atoms with Crippen LogP contribution >= 0.6 is 11.8 Å². The maximum Gasteiger partial charge on any atom is 0.226 e. The van der Waals surface area contributed by atoms with Crippen molar-refractivity contribution in [3.63, 3.8) is 0 Å². The highest BCUT2D eigenvalue weighted by molar-refractivity contribution is 7.98. The van der Waals surface area contributed by atoms with Crippen molar-refractivity contribution in [2.45, 2.75) is 50.9 Å². The summed E-state index contributed by atoms with van der Waals surface area (Å²) in [6, 6.07) is 6.26. The molecule has 0 fully saturated rings. The number of aromatic amines is 1. The van der Waals surface area contributed by atoms with Gasteiger partial charge in [-0.25, -0.2) is 9.97 Å². The molecule has 3 rings (SSSR count). The molecule has 0 aliphatic rings. The number of benzene rings is 1. The van der Waals surface area contributed by atoms with E-state index in [4.69, 9.17) is 4.42 Å². The molecule has 2 aromatic heterocycles. The Morgan fingerprint density at radius 2 is 1.96 bits per heavy atom. The molecule has 0 unspecified atom stereocenters. The Labute approximate surface area is 146 Å². The SMILES string of the molecule is Cc1ccc(-c2nc(CSc3n[nH]c(C(C)(C)C)n3)co2)c(C)c1. The van der Waals surface area contributed by atoms with Crippen LogP contribution in [0, 0.1) is 13.8 Å². The van der Waals surface area contributed by atoms with Crippen LogP contribution in [-0.2, 0) is 11.2 Å². The molecule has 0 saturated heterocycles. The molecular formula is C18H22N4OS. The van der Waals surface area contributed by atoms with E-state index in [0.29, 0.717) is 11.6 Å². The van der Waals surface area contributed by atoms with Crippen molar-refractivity contribution >= 4 is 11.8 Å². The maximum atomic E-state index is 5.65. The minimum Gasteiger partial charge on any atom is -0.444 e. The number of nitrogens with zero attached hydrogens (tertiary/aromatic N) is 3. The van der Waals surface area contributed by atoms with Crippen LogP contribution in [0.1, 0.15) is 43.4 Å². The van der Waals surface area contributed by atoms with Gasteiger partial charge in [-0.1, -0.05) is 50.2 Å². The van der Waals surface area contributed by atoms with E-state index in [0.717, 1.165) is 22.2 Å². The summed E-state index contributed by atoms with van der Waals surface area (Å²) in [5.74, 6) is 2.23. The van der Waals surface area contributed by atoms with E-state index in [9.17, 15) is 0 Å². The zero-order valence-electron chi connectivity index (χ0n) is 14.7. The van der Waals surface area contributed by atoms with Crippen LogP contribution in [-0.4, -0.2) is 20.2 Å². The van der Waals surface area contributed by atoms with E-state index in [2.05, 4.69) is 73.0 Å². The second-order valence-corrected chi connectivity index (χ2v) is 7.91. The molecular weight excluding hydrogens is 320 g/mol. The summed E-state index contributed by atoms with van der Waals surface area (Å²) in [6.45, 7) is 10.5. The first kappa shape index (κ1) is 16.8. The Kier molecular flexibility index (Phi) is 4.49. The van der Waals surface area contributed by atoms with E-state index in [-0.39, 0.29) is 5.41 Å². The number of hydrogen-bond acceptors (Lipinski definition) is 5. The first-order valence-corrected chi connectivity index (χ1v) is 8.89. The largest absolute Gasteiger partial charge is 0.444 e. The third kappa shape index (κ3) is 3.70. The number of rotatable bonds is 4. The van der Waals surface area contributed by atoms with Gasteiger partial charge in [0.25, 0.3) is 0 Å². The molecule has 6 heteroatoms. The molecule has 2 heterocycles. The van der Waals surface area contributed by atoms with E-state index in [1.165, 1.54) is 11.1 Å². The van der Waals surface area contributed by atoms with Gasteiger partial charge in [0.05, 0.1) is 5.69 Å². The number of hydrogen-bond donors (Lipinski definition) is 1. The van der Waals surface area contributed by atoms with Crippen LogP contribution in [0.25, 0.3) is 11.5 Å². The number of H-pyrrole nitrogens is 1. The fourth-order valence-electron chi connectivity index (χ4n) is 2.34. The predicted octanol–water partition coefficient (Wildman–Crippen LogP) is 4.67. The molecule has 0 atom stereocenters. The fraction of sp³-hybridized carbons (Fsp3) is 0.389. The Balaban J connectivity index is 1.69. The second-order valence-electron chi connectivity index (χ2n) is 6.97. The van der Waals surface area contributed by atoms with Gasteiger partial charge in [-0.05, 0) is 25.5 Å². The molecule has 24 heavy (non-hydrogen) atoms. The van der Waals surface area contributed by atoms with Gasteiger partial charge in [0, 0.05) is 16.7 Å². The van der Waals surface area contributed by atoms with Gasteiger partial charge in [-0.3, -0.25) is 5.10 Å². The van der Waals surface area contributed by atoms with E-state index < -0.39 is 0 Å². The standard InChI is InChI=1S/C18H22N4OS/c1-11-6-7-14(12(2)8-11)15-19-13(9-23-15)10-24-17-20-16(21-22-17)18(3,4)5/h6-9H,10H2,1-5H3,(H,20,21,22). The molecule has 0 amide bonds. The Morgan fingerprint density at radius 3 is 2.62 bits per heavy atom. The molecule has 0 radical (unpaired) electrons. The van der Waals surface area contributed by atoms with Gasteiger partial charge in [0.1, 0.15) is 12.1 Å². The fourth-order valence-corrected chi connectivity index (χ4v) is 3.01. The van der Waals surface area contributed by atoms with Crippen molar-refractivity contribution in [2.24, 2.45) is 0 Å².